The van der Waals surface area contributed by atoms with Crippen molar-refractivity contribution in [3.63, 3.8) is 0 Å². The van der Waals surface area contributed by atoms with E-state index < -0.39 is 0 Å². The second kappa shape index (κ2) is 5.93. The number of nitrogens with zero attached hydrogens (tertiary/aromatic N) is 2. The highest BCUT2D eigenvalue weighted by Gasteiger charge is 2.17. The van der Waals surface area contributed by atoms with Gasteiger partial charge < -0.3 is 10.5 Å². The van der Waals surface area contributed by atoms with Gasteiger partial charge in [-0.25, -0.2) is 4.98 Å². The summed E-state index contributed by atoms with van der Waals surface area (Å²) in [6.07, 6.45) is 2.08. The number of methoxy groups -OCH3 is 1. The number of benzene rings is 2. The van der Waals surface area contributed by atoms with Gasteiger partial charge in [0, 0.05) is 27.9 Å². The van der Waals surface area contributed by atoms with Gasteiger partial charge in [-0.05, 0) is 38.1 Å². The minimum atomic E-state index is 0.755. The topological polar surface area (TPSA) is 52.5 Å². The average Bonchev–Trinajstić information content (AvgIpc) is 3.12. The van der Waals surface area contributed by atoms with E-state index in [0.29, 0.717) is 0 Å². The van der Waals surface area contributed by atoms with Crippen LogP contribution in [0, 0.1) is 13.8 Å². The molecule has 25 heavy (non-hydrogen) atoms. The third-order valence-electron chi connectivity index (χ3n) is 4.31. The molecule has 126 valence electrons. The van der Waals surface area contributed by atoms with Crippen molar-refractivity contribution in [2.24, 2.45) is 0 Å². The summed E-state index contributed by atoms with van der Waals surface area (Å²) in [5.41, 5.74) is 12.0. The molecule has 0 aliphatic rings. The second-order valence-electron chi connectivity index (χ2n) is 6.11. The van der Waals surface area contributed by atoms with Crippen molar-refractivity contribution in [3.05, 3.63) is 59.1 Å². The third kappa shape index (κ3) is 2.66. The summed E-state index contributed by atoms with van der Waals surface area (Å²) >= 11 is 1.69. The summed E-state index contributed by atoms with van der Waals surface area (Å²) in [5, 5.41) is 0. The highest BCUT2D eigenvalue weighted by atomic mass is 32.1. The number of nitrogens with two attached hydrogens (primary N) is 1. The largest absolute Gasteiger partial charge is 0.496 e. The van der Waals surface area contributed by atoms with E-state index >= 15 is 0 Å². The molecule has 0 aliphatic heterocycles. The van der Waals surface area contributed by atoms with Crippen LogP contribution in [0.2, 0.25) is 0 Å². The lowest BCUT2D eigenvalue weighted by Crippen LogP contribution is -1.93. The van der Waals surface area contributed by atoms with E-state index in [1.165, 1.54) is 10.4 Å². The fraction of sp³-hybridized carbons (Fsp3) is 0.150. The maximum atomic E-state index is 5.79. The van der Waals surface area contributed by atoms with Crippen LogP contribution in [0.15, 0.2) is 48.7 Å². The van der Waals surface area contributed by atoms with Crippen LogP contribution in [0.3, 0.4) is 0 Å². The number of hydrogen-bond acceptors (Lipinski definition) is 4. The minimum absolute atomic E-state index is 0.755. The first-order valence-corrected chi connectivity index (χ1v) is 8.88. The average molecular weight is 349 g/mol. The zero-order valence-corrected chi connectivity index (χ0v) is 15.2. The van der Waals surface area contributed by atoms with Gasteiger partial charge in [-0.2, -0.15) is 0 Å². The summed E-state index contributed by atoms with van der Waals surface area (Å²) in [6.45, 7) is 4.22. The SMILES string of the molecule is COc1ccc(C)cc1-c1c(C)sc2nc(-c3ccc(N)cc3)cn12. The van der Waals surface area contributed by atoms with Gasteiger partial charge >= 0.3 is 0 Å². The highest BCUT2D eigenvalue weighted by Crippen LogP contribution is 2.38. The number of aromatic nitrogens is 2. The maximum Gasteiger partial charge on any atom is 0.194 e. The molecular formula is C20H19N3OS. The predicted molar refractivity (Wildman–Crippen MR) is 104 cm³/mol. The number of thiazole rings is 1. The Morgan fingerprint density at radius 1 is 1.08 bits per heavy atom. The lowest BCUT2D eigenvalue weighted by Gasteiger charge is -2.10. The fourth-order valence-corrected chi connectivity index (χ4v) is 4.03. The first-order valence-electron chi connectivity index (χ1n) is 8.06. The Morgan fingerprint density at radius 2 is 1.84 bits per heavy atom. The quantitative estimate of drug-likeness (QED) is 0.533. The van der Waals surface area contributed by atoms with E-state index in [4.69, 9.17) is 15.5 Å². The Hall–Kier alpha value is -2.79. The molecule has 4 aromatic rings. The van der Waals surface area contributed by atoms with Gasteiger partial charge in [0.25, 0.3) is 0 Å². The minimum Gasteiger partial charge on any atom is -0.496 e. The van der Waals surface area contributed by atoms with Crippen molar-refractivity contribution in [2.45, 2.75) is 13.8 Å². The Labute approximate surface area is 150 Å². The van der Waals surface area contributed by atoms with Crippen LogP contribution in [0.5, 0.6) is 5.75 Å². The summed E-state index contributed by atoms with van der Waals surface area (Å²) in [7, 11) is 1.71. The Bertz CT molecular complexity index is 1060. The number of ether oxygens (including phenoxy) is 1. The molecule has 2 N–H and O–H groups in total. The molecule has 2 aromatic carbocycles. The van der Waals surface area contributed by atoms with Crippen molar-refractivity contribution >= 4 is 22.0 Å². The highest BCUT2D eigenvalue weighted by molar-refractivity contribution is 7.17. The molecule has 0 atom stereocenters. The lowest BCUT2D eigenvalue weighted by molar-refractivity contribution is 0.416. The van der Waals surface area contributed by atoms with Crippen LogP contribution < -0.4 is 10.5 Å². The number of rotatable bonds is 3. The van der Waals surface area contributed by atoms with E-state index in [9.17, 15) is 0 Å². The molecule has 0 amide bonds. The Kier molecular flexibility index (Phi) is 3.73. The Morgan fingerprint density at radius 3 is 2.56 bits per heavy atom. The molecule has 0 saturated carbocycles. The maximum absolute atomic E-state index is 5.79. The van der Waals surface area contributed by atoms with Crippen LogP contribution in [-0.2, 0) is 0 Å². The Balaban J connectivity index is 1.92. The van der Waals surface area contributed by atoms with E-state index in [0.717, 1.165) is 38.9 Å². The third-order valence-corrected chi connectivity index (χ3v) is 5.28. The summed E-state index contributed by atoms with van der Waals surface area (Å²) < 4.78 is 7.75. The van der Waals surface area contributed by atoms with Crippen molar-refractivity contribution < 1.29 is 4.74 Å². The molecule has 2 heterocycles. The van der Waals surface area contributed by atoms with Gasteiger partial charge in [-0.15, -0.1) is 11.3 Å². The first kappa shape index (κ1) is 15.7. The second-order valence-corrected chi connectivity index (χ2v) is 7.29. The van der Waals surface area contributed by atoms with Gasteiger partial charge in [-0.1, -0.05) is 23.8 Å². The molecule has 0 unspecified atom stereocenters. The van der Waals surface area contributed by atoms with Gasteiger partial charge in [0.15, 0.2) is 4.96 Å². The molecular weight excluding hydrogens is 330 g/mol. The fourth-order valence-electron chi connectivity index (χ4n) is 3.07. The molecule has 0 bridgehead atoms. The summed E-state index contributed by atoms with van der Waals surface area (Å²) in [4.78, 5) is 6.99. The van der Waals surface area contributed by atoms with Crippen LogP contribution in [0.4, 0.5) is 5.69 Å². The molecule has 0 aliphatic carbocycles. The molecule has 0 saturated heterocycles. The lowest BCUT2D eigenvalue weighted by atomic mass is 10.1. The van der Waals surface area contributed by atoms with Crippen LogP contribution in [0.1, 0.15) is 10.4 Å². The number of aryl methyl sites for hydroxylation is 2. The van der Waals surface area contributed by atoms with Crippen LogP contribution in [-0.4, -0.2) is 16.5 Å². The first-order chi connectivity index (χ1) is 12.1. The number of fused-ring (bicyclic) bond motifs is 1. The van der Waals surface area contributed by atoms with Crippen LogP contribution in [0.25, 0.3) is 27.5 Å². The van der Waals surface area contributed by atoms with Gasteiger partial charge in [0.2, 0.25) is 0 Å². The number of hydrogen-bond donors (Lipinski definition) is 1. The molecule has 4 nitrogen and oxygen atoms in total. The molecule has 0 radical (unpaired) electrons. The normalized spacial score (nSPS) is 11.2. The van der Waals surface area contributed by atoms with E-state index in [2.05, 4.69) is 36.6 Å². The van der Waals surface area contributed by atoms with Crippen molar-refractivity contribution in [1.82, 2.24) is 9.38 Å². The predicted octanol–water partition coefficient (Wildman–Crippen LogP) is 4.94. The van der Waals surface area contributed by atoms with E-state index in [1.807, 2.05) is 30.3 Å². The number of anilines is 1. The number of imidazole rings is 1. The molecule has 4 rings (SSSR count). The zero-order valence-electron chi connectivity index (χ0n) is 14.4. The molecule has 0 spiro atoms. The van der Waals surface area contributed by atoms with Crippen LogP contribution >= 0.6 is 11.3 Å². The van der Waals surface area contributed by atoms with Gasteiger partial charge in [0.1, 0.15) is 5.75 Å². The molecule has 0 fully saturated rings. The molecule has 5 heteroatoms. The van der Waals surface area contributed by atoms with Gasteiger partial charge in [-0.3, -0.25) is 4.40 Å². The summed E-state index contributed by atoms with van der Waals surface area (Å²) in [5.74, 6) is 0.871. The standard InChI is InChI=1S/C20H19N3OS/c1-12-4-9-18(24-3)16(10-12)19-13(2)25-20-22-17(11-23(19)20)14-5-7-15(21)8-6-14/h4-11H,21H2,1-3H3. The van der Waals surface area contributed by atoms with Crippen molar-refractivity contribution in [3.8, 4) is 28.3 Å². The smallest absolute Gasteiger partial charge is 0.194 e. The zero-order chi connectivity index (χ0) is 17.6. The monoisotopic (exact) mass is 349 g/mol. The van der Waals surface area contributed by atoms with Gasteiger partial charge in [0.05, 0.1) is 18.5 Å². The van der Waals surface area contributed by atoms with Crippen molar-refractivity contribution in [2.75, 3.05) is 12.8 Å². The summed E-state index contributed by atoms with van der Waals surface area (Å²) in [6, 6.07) is 14.1. The number of nitrogen functional groups attached to an aromatic ring is 1. The molecule has 2 aromatic heterocycles. The van der Waals surface area contributed by atoms with E-state index in [-0.39, 0.29) is 0 Å². The van der Waals surface area contributed by atoms with Crippen molar-refractivity contribution in [1.29, 1.82) is 0 Å². The van der Waals surface area contributed by atoms with E-state index in [1.54, 1.807) is 18.4 Å².